The van der Waals surface area contributed by atoms with E-state index in [1.807, 2.05) is 65.0 Å². The minimum Gasteiger partial charge on any atom is -0.495 e. The number of carbonyl (C=O) groups excluding carboxylic acids is 2. The molecule has 3 rings (SSSR count). The Morgan fingerprint density at radius 2 is 1.54 bits per heavy atom. The molecule has 0 saturated carbocycles. The van der Waals surface area contributed by atoms with Gasteiger partial charge >= 0.3 is 0 Å². The first-order chi connectivity index (χ1) is 19.4. The minimum absolute atomic E-state index is 0.0511. The highest BCUT2D eigenvalue weighted by Crippen LogP contribution is 2.32. The van der Waals surface area contributed by atoms with E-state index in [-0.39, 0.29) is 23.0 Å². The zero-order valence-corrected chi connectivity index (χ0v) is 25.6. The van der Waals surface area contributed by atoms with Crippen LogP contribution in [0.2, 0.25) is 0 Å². The van der Waals surface area contributed by atoms with Gasteiger partial charge in [0, 0.05) is 12.1 Å². The lowest BCUT2D eigenvalue weighted by Gasteiger charge is -2.35. The fourth-order valence-corrected chi connectivity index (χ4v) is 5.96. The summed E-state index contributed by atoms with van der Waals surface area (Å²) in [6, 6.07) is 22.0. The van der Waals surface area contributed by atoms with Gasteiger partial charge in [0.15, 0.2) is 0 Å². The number of rotatable bonds is 12. The van der Waals surface area contributed by atoms with Crippen LogP contribution in [0, 0.1) is 6.92 Å². The van der Waals surface area contributed by atoms with Gasteiger partial charge in [0.2, 0.25) is 11.8 Å². The number of aryl methyl sites for hydroxylation is 1. The van der Waals surface area contributed by atoms with Crippen LogP contribution in [0.15, 0.2) is 83.8 Å². The molecular formula is C32H41N3O5S. The Balaban J connectivity index is 2.06. The van der Waals surface area contributed by atoms with Crippen LogP contribution in [0.25, 0.3) is 0 Å². The average Bonchev–Trinajstić information content (AvgIpc) is 2.93. The molecule has 0 unspecified atom stereocenters. The third kappa shape index (κ3) is 8.33. The summed E-state index contributed by atoms with van der Waals surface area (Å²) in [5.74, 6) is -0.464. The van der Waals surface area contributed by atoms with Crippen molar-refractivity contribution in [3.05, 3.63) is 90.0 Å². The summed E-state index contributed by atoms with van der Waals surface area (Å²) in [5, 5.41) is 2.98. The monoisotopic (exact) mass is 579 g/mol. The summed E-state index contributed by atoms with van der Waals surface area (Å²) < 4.78 is 34.6. The third-order valence-corrected chi connectivity index (χ3v) is 8.38. The van der Waals surface area contributed by atoms with Gasteiger partial charge < -0.3 is 15.0 Å². The van der Waals surface area contributed by atoms with Crippen molar-refractivity contribution in [3.8, 4) is 5.75 Å². The largest absolute Gasteiger partial charge is 0.495 e. The van der Waals surface area contributed by atoms with E-state index >= 15 is 0 Å². The van der Waals surface area contributed by atoms with Gasteiger partial charge in [0.25, 0.3) is 10.0 Å². The number of ether oxygens (including phenoxy) is 1. The molecule has 0 radical (unpaired) electrons. The van der Waals surface area contributed by atoms with Crippen molar-refractivity contribution in [2.45, 2.75) is 63.9 Å². The van der Waals surface area contributed by atoms with Crippen LogP contribution < -0.4 is 14.4 Å². The molecule has 0 bridgehead atoms. The second kappa shape index (κ2) is 13.7. The summed E-state index contributed by atoms with van der Waals surface area (Å²) in [5.41, 5.74) is 1.65. The number of methoxy groups -OCH3 is 1. The Labute approximate surface area is 244 Å². The molecule has 41 heavy (non-hydrogen) atoms. The van der Waals surface area contributed by atoms with Crippen LogP contribution in [0.5, 0.6) is 5.75 Å². The number of nitrogens with one attached hydrogen (secondary N) is 1. The van der Waals surface area contributed by atoms with Crippen LogP contribution >= 0.6 is 0 Å². The smallest absolute Gasteiger partial charge is 0.264 e. The van der Waals surface area contributed by atoms with Gasteiger partial charge in [0.1, 0.15) is 18.3 Å². The summed E-state index contributed by atoms with van der Waals surface area (Å²) in [6.07, 6.45) is 0.868. The Morgan fingerprint density at radius 1 is 0.927 bits per heavy atom. The number of amides is 2. The lowest BCUT2D eigenvalue weighted by atomic mass is 10.1. The highest BCUT2D eigenvalue weighted by atomic mass is 32.2. The first-order valence-electron chi connectivity index (χ1n) is 13.7. The third-order valence-electron chi connectivity index (χ3n) is 6.61. The van der Waals surface area contributed by atoms with Crippen molar-refractivity contribution < 1.29 is 22.7 Å². The van der Waals surface area contributed by atoms with Gasteiger partial charge in [-0.15, -0.1) is 0 Å². The van der Waals surface area contributed by atoms with Crippen molar-refractivity contribution >= 4 is 27.5 Å². The molecule has 3 aromatic rings. The lowest BCUT2D eigenvalue weighted by molar-refractivity contribution is -0.140. The molecule has 1 atom stereocenters. The maximum absolute atomic E-state index is 14.1. The van der Waals surface area contributed by atoms with Crippen LogP contribution in [0.4, 0.5) is 5.69 Å². The first-order valence-corrected chi connectivity index (χ1v) is 15.2. The molecule has 0 aliphatic carbocycles. The molecular weight excluding hydrogens is 538 g/mol. The SMILES string of the molecule is CC[C@H](C(=O)NC(C)(C)C)N(CCc1ccccc1)C(=O)CN(c1ccccc1OC)S(=O)(=O)c1ccc(C)cc1. The number of para-hydroxylation sites is 2. The Hall–Kier alpha value is -3.85. The van der Waals surface area contributed by atoms with E-state index < -0.39 is 34.1 Å². The summed E-state index contributed by atoms with van der Waals surface area (Å²) in [6.45, 7) is 9.09. The second-order valence-corrected chi connectivity index (χ2v) is 12.8. The number of benzene rings is 3. The molecule has 2 amide bonds. The van der Waals surface area contributed by atoms with Gasteiger partial charge in [-0.3, -0.25) is 13.9 Å². The Bertz CT molecular complexity index is 1420. The lowest BCUT2D eigenvalue weighted by Crippen LogP contribution is -2.56. The molecule has 3 aromatic carbocycles. The van der Waals surface area contributed by atoms with E-state index in [1.54, 1.807) is 36.4 Å². The van der Waals surface area contributed by atoms with Gasteiger partial charge in [-0.25, -0.2) is 8.42 Å². The quantitative estimate of drug-likeness (QED) is 0.327. The van der Waals surface area contributed by atoms with Crippen LogP contribution in [0.1, 0.15) is 45.2 Å². The number of carbonyl (C=O) groups is 2. The molecule has 0 aromatic heterocycles. The van der Waals surface area contributed by atoms with Crippen LogP contribution in [-0.2, 0) is 26.0 Å². The highest BCUT2D eigenvalue weighted by molar-refractivity contribution is 7.92. The zero-order chi connectivity index (χ0) is 30.2. The number of hydrogen-bond donors (Lipinski definition) is 1. The van der Waals surface area contributed by atoms with Crippen molar-refractivity contribution in [2.75, 3.05) is 24.5 Å². The van der Waals surface area contributed by atoms with E-state index in [4.69, 9.17) is 4.74 Å². The van der Waals surface area contributed by atoms with E-state index in [0.29, 0.717) is 18.6 Å². The molecule has 0 fully saturated rings. The predicted molar refractivity (Wildman–Crippen MR) is 163 cm³/mol. The van der Waals surface area contributed by atoms with Crippen LogP contribution in [0.3, 0.4) is 0 Å². The van der Waals surface area contributed by atoms with Gasteiger partial charge in [-0.1, -0.05) is 67.1 Å². The van der Waals surface area contributed by atoms with Crippen molar-refractivity contribution in [3.63, 3.8) is 0 Å². The maximum atomic E-state index is 14.1. The van der Waals surface area contributed by atoms with E-state index in [1.165, 1.54) is 24.1 Å². The van der Waals surface area contributed by atoms with Crippen molar-refractivity contribution in [1.29, 1.82) is 0 Å². The number of anilines is 1. The number of nitrogens with zero attached hydrogens (tertiary/aromatic N) is 2. The van der Waals surface area contributed by atoms with Crippen molar-refractivity contribution in [2.24, 2.45) is 0 Å². The molecule has 0 aliphatic heterocycles. The molecule has 1 N–H and O–H groups in total. The Kier molecular flexibility index (Phi) is 10.6. The summed E-state index contributed by atoms with van der Waals surface area (Å²) in [7, 11) is -2.72. The fourth-order valence-electron chi connectivity index (χ4n) is 4.54. The summed E-state index contributed by atoms with van der Waals surface area (Å²) in [4.78, 5) is 29.1. The zero-order valence-electron chi connectivity index (χ0n) is 24.8. The number of hydrogen-bond acceptors (Lipinski definition) is 5. The first kappa shape index (κ1) is 31.7. The van der Waals surface area contributed by atoms with Crippen LogP contribution in [-0.4, -0.2) is 56.9 Å². The van der Waals surface area contributed by atoms with Gasteiger partial charge in [-0.05, 0) is 70.4 Å². The molecule has 0 heterocycles. The molecule has 9 heteroatoms. The summed E-state index contributed by atoms with van der Waals surface area (Å²) >= 11 is 0. The van der Waals surface area contributed by atoms with E-state index in [0.717, 1.165) is 15.4 Å². The minimum atomic E-state index is -4.18. The second-order valence-electron chi connectivity index (χ2n) is 11.0. The number of sulfonamides is 1. The highest BCUT2D eigenvalue weighted by Gasteiger charge is 2.35. The van der Waals surface area contributed by atoms with Gasteiger partial charge in [0.05, 0.1) is 17.7 Å². The Morgan fingerprint density at radius 3 is 2.12 bits per heavy atom. The standard InChI is InChI=1S/C32H41N3O5S/c1-7-27(31(37)33-32(3,4)5)34(22-21-25-13-9-8-10-14-25)30(36)23-35(28-15-11-12-16-29(28)40-6)41(38,39)26-19-17-24(2)18-20-26/h8-20,27H,7,21-23H2,1-6H3,(H,33,37)/t27-/m1/s1. The van der Waals surface area contributed by atoms with E-state index in [9.17, 15) is 18.0 Å². The van der Waals surface area contributed by atoms with E-state index in [2.05, 4.69) is 5.32 Å². The predicted octanol–water partition coefficient (Wildman–Crippen LogP) is 4.96. The topological polar surface area (TPSA) is 96.0 Å². The molecule has 220 valence electrons. The molecule has 0 saturated heterocycles. The molecule has 0 spiro atoms. The van der Waals surface area contributed by atoms with Gasteiger partial charge in [-0.2, -0.15) is 0 Å². The molecule has 8 nitrogen and oxygen atoms in total. The fraction of sp³-hybridized carbons (Fsp3) is 0.375. The average molecular weight is 580 g/mol. The normalized spacial score (nSPS) is 12.3. The maximum Gasteiger partial charge on any atom is 0.264 e. The van der Waals surface area contributed by atoms with Crippen molar-refractivity contribution in [1.82, 2.24) is 10.2 Å². The molecule has 0 aliphatic rings.